The van der Waals surface area contributed by atoms with E-state index < -0.39 is 0 Å². The fourth-order valence-corrected chi connectivity index (χ4v) is 3.99. The summed E-state index contributed by atoms with van der Waals surface area (Å²) < 4.78 is 14.2. The van der Waals surface area contributed by atoms with Crippen LogP contribution in [0.15, 0.2) is 16.6 Å². The summed E-state index contributed by atoms with van der Waals surface area (Å²) in [6.45, 7) is 10.6. The lowest BCUT2D eigenvalue weighted by Gasteiger charge is -2.49. The number of anilines is 1. The van der Waals surface area contributed by atoms with E-state index in [0.29, 0.717) is 17.0 Å². The van der Waals surface area contributed by atoms with Crippen LogP contribution < -0.4 is 10.2 Å². The highest BCUT2D eigenvalue weighted by atomic mass is 79.9. The predicted octanol–water partition coefficient (Wildman–Crippen LogP) is 4.84. The van der Waals surface area contributed by atoms with Gasteiger partial charge >= 0.3 is 0 Å². The predicted molar refractivity (Wildman–Crippen MR) is 91.8 cm³/mol. The second kappa shape index (κ2) is 6.43. The number of piperazine rings is 1. The van der Waals surface area contributed by atoms with Gasteiger partial charge in [-0.05, 0) is 47.3 Å². The van der Waals surface area contributed by atoms with Crippen molar-refractivity contribution in [3.63, 3.8) is 0 Å². The number of halogens is 3. The third-order valence-electron chi connectivity index (χ3n) is 4.48. The minimum absolute atomic E-state index is 0.0442. The first kappa shape index (κ1) is 17.0. The average Bonchev–Trinajstić information content (AvgIpc) is 2.37. The lowest BCUT2D eigenvalue weighted by atomic mass is 9.89. The van der Waals surface area contributed by atoms with E-state index in [-0.39, 0.29) is 11.4 Å². The van der Waals surface area contributed by atoms with Gasteiger partial charge in [0.2, 0.25) is 0 Å². The Labute approximate surface area is 140 Å². The van der Waals surface area contributed by atoms with E-state index in [2.05, 4.69) is 53.8 Å². The van der Waals surface area contributed by atoms with Gasteiger partial charge in [0, 0.05) is 29.1 Å². The summed E-state index contributed by atoms with van der Waals surface area (Å²) in [4.78, 5) is 2.33. The second-order valence-electron chi connectivity index (χ2n) is 6.45. The summed E-state index contributed by atoms with van der Waals surface area (Å²) in [5.74, 6) is 0.164. The molecule has 118 valence electrons. The Kier molecular flexibility index (Phi) is 5.22. The molecule has 1 N–H and O–H groups in total. The number of benzene rings is 1. The van der Waals surface area contributed by atoms with Gasteiger partial charge in [-0.15, -0.1) is 0 Å². The molecule has 0 amide bonds. The molecule has 2 atom stereocenters. The molecule has 1 aliphatic heterocycles. The highest BCUT2D eigenvalue weighted by Crippen LogP contribution is 2.39. The van der Waals surface area contributed by atoms with Gasteiger partial charge in [0.25, 0.3) is 0 Å². The van der Waals surface area contributed by atoms with Crippen molar-refractivity contribution in [3.05, 3.63) is 27.4 Å². The molecule has 0 aromatic heterocycles. The van der Waals surface area contributed by atoms with E-state index in [1.54, 1.807) is 0 Å². The van der Waals surface area contributed by atoms with Crippen molar-refractivity contribution in [1.82, 2.24) is 5.32 Å². The number of hydrogen-bond acceptors (Lipinski definition) is 2. The van der Waals surface area contributed by atoms with Crippen LogP contribution in [0.3, 0.4) is 0 Å². The third kappa shape index (κ3) is 3.54. The number of hydrogen-bond donors (Lipinski definition) is 1. The Morgan fingerprint density at radius 1 is 1.52 bits per heavy atom. The van der Waals surface area contributed by atoms with Crippen molar-refractivity contribution < 1.29 is 4.39 Å². The molecule has 0 bridgehead atoms. The lowest BCUT2D eigenvalue weighted by Crippen LogP contribution is -2.64. The second-order valence-corrected chi connectivity index (χ2v) is 7.71. The van der Waals surface area contributed by atoms with E-state index >= 15 is 0 Å². The number of rotatable bonds is 3. The fourth-order valence-electron chi connectivity index (χ4n) is 2.90. The van der Waals surface area contributed by atoms with E-state index in [1.165, 1.54) is 12.1 Å². The third-order valence-corrected chi connectivity index (χ3v) is 5.37. The van der Waals surface area contributed by atoms with Crippen LogP contribution in [-0.4, -0.2) is 24.7 Å². The Hall–Kier alpha value is -0.320. The minimum Gasteiger partial charge on any atom is -0.363 e. The lowest BCUT2D eigenvalue weighted by molar-refractivity contribution is 0.253. The zero-order valence-corrected chi connectivity index (χ0v) is 15.4. The van der Waals surface area contributed by atoms with Crippen LogP contribution in [0.2, 0.25) is 5.02 Å². The maximum absolute atomic E-state index is 13.5. The SMILES string of the molecule is CCC1(C)CN(c2c(Cl)cc(F)cc2Br)C(C(C)C)CN1. The number of nitrogens with one attached hydrogen (secondary N) is 1. The standard InChI is InChI=1S/C16H23BrClFN2/c1-5-16(4)9-21(14(8-20-16)10(2)3)15-12(17)6-11(19)7-13(15)18/h6-7,10,14,20H,5,8-9H2,1-4H3. The maximum Gasteiger partial charge on any atom is 0.125 e. The molecule has 0 radical (unpaired) electrons. The quantitative estimate of drug-likeness (QED) is 0.810. The molecule has 5 heteroatoms. The van der Waals surface area contributed by atoms with Crippen LogP contribution in [0.4, 0.5) is 10.1 Å². The van der Waals surface area contributed by atoms with Crippen LogP contribution in [0.5, 0.6) is 0 Å². The maximum atomic E-state index is 13.5. The first-order valence-corrected chi connectivity index (χ1v) is 8.60. The Balaban J connectivity index is 2.45. The fraction of sp³-hybridized carbons (Fsp3) is 0.625. The first-order valence-electron chi connectivity index (χ1n) is 7.43. The van der Waals surface area contributed by atoms with E-state index in [4.69, 9.17) is 11.6 Å². The molecule has 1 aliphatic rings. The van der Waals surface area contributed by atoms with Crippen molar-refractivity contribution in [2.45, 2.75) is 45.7 Å². The molecule has 2 rings (SSSR count). The van der Waals surface area contributed by atoms with Gasteiger partial charge in [-0.25, -0.2) is 4.39 Å². The zero-order chi connectivity index (χ0) is 15.8. The molecule has 1 fully saturated rings. The normalized spacial score (nSPS) is 26.5. The highest BCUT2D eigenvalue weighted by Gasteiger charge is 2.37. The zero-order valence-electron chi connectivity index (χ0n) is 13.0. The summed E-state index contributed by atoms with van der Waals surface area (Å²) >= 11 is 9.83. The monoisotopic (exact) mass is 376 g/mol. The van der Waals surface area contributed by atoms with Crippen LogP contribution in [0.25, 0.3) is 0 Å². The molecule has 2 nitrogen and oxygen atoms in total. The molecule has 0 spiro atoms. The summed E-state index contributed by atoms with van der Waals surface area (Å²) in [7, 11) is 0. The molecule has 0 aliphatic carbocycles. The molecule has 2 unspecified atom stereocenters. The van der Waals surface area contributed by atoms with Gasteiger partial charge in [0.05, 0.1) is 10.7 Å². The Morgan fingerprint density at radius 2 is 2.19 bits per heavy atom. The molecule has 21 heavy (non-hydrogen) atoms. The highest BCUT2D eigenvalue weighted by molar-refractivity contribution is 9.10. The molecular formula is C16H23BrClFN2. The van der Waals surface area contributed by atoms with Gasteiger partial charge in [0.1, 0.15) is 5.82 Å². The molecule has 1 aromatic rings. The Bertz CT molecular complexity index is 500. The molecule has 0 saturated carbocycles. The molecule has 1 heterocycles. The largest absolute Gasteiger partial charge is 0.363 e. The first-order chi connectivity index (χ1) is 9.77. The molecule has 1 aromatic carbocycles. The van der Waals surface area contributed by atoms with E-state index in [0.717, 1.165) is 29.7 Å². The topological polar surface area (TPSA) is 15.3 Å². The molecule has 1 saturated heterocycles. The van der Waals surface area contributed by atoms with Crippen molar-refractivity contribution in [2.24, 2.45) is 5.92 Å². The summed E-state index contributed by atoms with van der Waals surface area (Å²) in [5.41, 5.74) is 0.945. The van der Waals surface area contributed by atoms with Crippen molar-refractivity contribution in [1.29, 1.82) is 0 Å². The van der Waals surface area contributed by atoms with Gasteiger partial charge in [-0.2, -0.15) is 0 Å². The molecular weight excluding hydrogens is 355 g/mol. The van der Waals surface area contributed by atoms with Gasteiger partial charge in [-0.1, -0.05) is 32.4 Å². The van der Waals surface area contributed by atoms with Gasteiger partial charge in [-0.3, -0.25) is 0 Å². The number of nitrogens with zero attached hydrogens (tertiary/aromatic N) is 1. The van der Waals surface area contributed by atoms with E-state index in [1.807, 2.05) is 0 Å². The minimum atomic E-state index is -0.315. The van der Waals surface area contributed by atoms with Crippen LogP contribution in [0, 0.1) is 11.7 Å². The van der Waals surface area contributed by atoms with Crippen LogP contribution in [-0.2, 0) is 0 Å². The summed E-state index contributed by atoms with van der Waals surface area (Å²) in [6, 6.07) is 3.22. The van der Waals surface area contributed by atoms with Crippen molar-refractivity contribution in [2.75, 3.05) is 18.0 Å². The van der Waals surface area contributed by atoms with E-state index in [9.17, 15) is 4.39 Å². The van der Waals surface area contributed by atoms with Gasteiger partial charge < -0.3 is 10.2 Å². The Morgan fingerprint density at radius 3 is 2.71 bits per heavy atom. The smallest absolute Gasteiger partial charge is 0.125 e. The van der Waals surface area contributed by atoms with Gasteiger partial charge in [0.15, 0.2) is 0 Å². The van der Waals surface area contributed by atoms with Crippen LogP contribution >= 0.6 is 27.5 Å². The average molecular weight is 378 g/mol. The summed E-state index contributed by atoms with van der Waals surface area (Å²) in [6.07, 6.45) is 1.03. The van der Waals surface area contributed by atoms with Crippen molar-refractivity contribution in [3.8, 4) is 0 Å². The van der Waals surface area contributed by atoms with Crippen LogP contribution in [0.1, 0.15) is 34.1 Å². The van der Waals surface area contributed by atoms with Crippen molar-refractivity contribution >= 4 is 33.2 Å². The summed E-state index contributed by atoms with van der Waals surface area (Å²) in [5, 5.41) is 4.12.